The van der Waals surface area contributed by atoms with Crippen LogP contribution in [0.5, 0.6) is 0 Å². The van der Waals surface area contributed by atoms with Crippen molar-refractivity contribution in [1.29, 1.82) is 0 Å². The van der Waals surface area contributed by atoms with Gasteiger partial charge in [0.05, 0.1) is 6.04 Å². The summed E-state index contributed by atoms with van der Waals surface area (Å²) >= 11 is 1.82. The molecule has 0 radical (unpaired) electrons. The summed E-state index contributed by atoms with van der Waals surface area (Å²) in [6.45, 7) is 4.29. The topological polar surface area (TPSA) is 26.0 Å². The number of nitrogens with two attached hydrogens (primary N) is 1. The lowest BCUT2D eigenvalue weighted by atomic mass is 10.0. The monoisotopic (exact) mass is 231 g/mol. The van der Waals surface area contributed by atoms with Crippen LogP contribution in [0.15, 0.2) is 36.4 Å². The minimum atomic E-state index is 0.0199. The molecule has 1 nitrogen and oxygen atoms in total. The minimum Gasteiger partial charge on any atom is -0.320 e. The first kappa shape index (κ1) is 11.4. The lowest BCUT2D eigenvalue weighted by molar-refractivity contribution is 0.882. The van der Waals surface area contributed by atoms with Crippen LogP contribution in [-0.4, -0.2) is 0 Å². The number of hydrogen-bond acceptors (Lipinski definition) is 2. The molecular weight excluding hydrogens is 214 g/mol. The van der Waals surface area contributed by atoms with Crippen LogP contribution in [-0.2, 0) is 6.42 Å². The Balaban J connectivity index is 2.31. The average molecular weight is 231 g/mol. The molecule has 1 heterocycles. The molecule has 1 aromatic carbocycles. The van der Waals surface area contributed by atoms with Crippen molar-refractivity contribution in [2.75, 3.05) is 0 Å². The van der Waals surface area contributed by atoms with E-state index in [1.807, 2.05) is 11.3 Å². The molecule has 2 N–H and O–H groups in total. The standard InChI is InChI=1S/C14H17NS/c1-3-11-8-9-13(16-11)14(15)12-7-5-4-6-10(12)2/h4-9,14H,3,15H2,1-2H3. The second-order valence-corrected chi connectivity index (χ2v) is 5.19. The summed E-state index contributed by atoms with van der Waals surface area (Å²) < 4.78 is 0. The van der Waals surface area contributed by atoms with E-state index >= 15 is 0 Å². The molecule has 0 aliphatic heterocycles. The molecule has 0 saturated heterocycles. The van der Waals surface area contributed by atoms with E-state index in [0.717, 1.165) is 6.42 Å². The molecule has 0 bridgehead atoms. The van der Waals surface area contributed by atoms with Crippen LogP contribution in [0.4, 0.5) is 0 Å². The zero-order valence-electron chi connectivity index (χ0n) is 9.73. The summed E-state index contributed by atoms with van der Waals surface area (Å²) in [5.41, 5.74) is 8.79. The normalized spacial score (nSPS) is 12.7. The van der Waals surface area contributed by atoms with Crippen molar-refractivity contribution >= 4 is 11.3 Å². The van der Waals surface area contributed by atoms with Crippen molar-refractivity contribution in [3.8, 4) is 0 Å². The van der Waals surface area contributed by atoms with Crippen LogP contribution in [0.25, 0.3) is 0 Å². The van der Waals surface area contributed by atoms with Crippen LogP contribution in [0.1, 0.15) is 33.8 Å². The molecule has 2 heteroatoms. The largest absolute Gasteiger partial charge is 0.320 e. The Bertz CT molecular complexity index is 473. The second-order valence-electron chi connectivity index (χ2n) is 3.99. The third-order valence-corrected chi connectivity index (χ3v) is 4.17. The van der Waals surface area contributed by atoms with Crippen LogP contribution < -0.4 is 5.73 Å². The fourth-order valence-electron chi connectivity index (χ4n) is 1.84. The highest BCUT2D eigenvalue weighted by atomic mass is 32.1. The molecule has 0 saturated carbocycles. The zero-order chi connectivity index (χ0) is 11.5. The van der Waals surface area contributed by atoms with Gasteiger partial charge < -0.3 is 5.73 Å². The van der Waals surface area contributed by atoms with Crippen LogP contribution in [0, 0.1) is 6.92 Å². The fourth-order valence-corrected chi connectivity index (χ4v) is 2.81. The number of benzene rings is 1. The molecule has 2 rings (SSSR count). The molecular formula is C14H17NS. The van der Waals surface area contributed by atoms with E-state index in [1.54, 1.807) is 0 Å². The van der Waals surface area contributed by atoms with Crippen LogP contribution >= 0.6 is 11.3 Å². The van der Waals surface area contributed by atoms with Gasteiger partial charge in [0.1, 0.15) is 0 Å². The van der Waals surface area contributed by atoms with Gasteiger partial charge in [0.15, 0.2) is 0 Å². The van der Waals surface area contributed by atoms with Gasteiger partial charge in [0.2, 0.25) is 0 Å². The van der Waals surface area contributed by atoms with E-state index in [9.17, 15) is 0 Å². The highest BCUT2D eigenvalue weighted by Gasteiger charge is 2.12. The molecule has 1 aromatic heterocycles. The predicted molar refractivity (Wildman–Crippen MR) is 70.9 cm³/mol. The summed E-state index contributed by atoms with van der Waals surface area (Å²) in [5, 5.41) is 0. The second kappa shape index (κ2) is 4.81. The summed E-state index contributed by atoms with van der Waals surface area (Å²) in [7, 11) is 0. The number of aryl methyl sites for hydroxylation is 2. The average Bonchev–Trinajstić information content (AvgIpc) is 2.77. The van der Waals surface area contributed by atoms with Gasteiger partial charge in [-0.3, -0.25) is 0 Å². The van der Waals surface area contributed by atoms with E-state index in [0.29, 0.717) is 0 Å². The van der Waals surface area contributed by atoms with Gasteiger partial charge in [-0.25, -0.2) is 0 Å². The molecule has 16 heavy (non-hydrogen) atoms. The van der Waals surface area contributed by atoms with Crippen LogP contribution in [0.3, 0.4) is 0 Å². The van der Waals surface area contributed by atoms with Crippen LogP contribution in [0.2, 0.25) is 0 Å². The summed E-state index contributed by atoms with van der Waals surface area (Å²) in [5.74, 6) is 0. The van der Waals surface area contributed by atoms with Gasteiger partial charge in [-0.2, -0.15) is 0 Å². The van der Waals surface area contributed by atoms with E-state index in [4.69, 9.17) is 5.73 Å². The van der Waals surface area contributed by atoms with E-state index in [1.165, 1.54) is 20.9 Å². The van der Waals surface area contributed by atoms with Crippen molar-refractivity contribution in [3.05, 3.63) is 57.3 Å². The first-order valence-corrected chi connectivity index (χ1v) is 6.43. The van der Waals surface area contributed by atoms with Crippen molar-refractivity contribution in [2.24, 2.45) is 5.73 Å². The highest BCUT2D eigenvalue weighted by molar-refractivity contribution is 7.12. The molecule has 84 valence electrons. The Labute approximate surface area is 101 Å². The van der Waals surface area contributed by atoms with Crippen molar-refractivity contribution in [2.45, 2.75) is 26.3 Å². The van der Waals surface area contributed by atoms with Gasteiger partial charge in [0, 0.05) is 9.75 Å². The molecule has 2 aromatic rings. The van der Waals surface area contributed by atoms with Crippen molar-refractivity contribution < 1.29 is 0 Å². The van der Waals surface area contributed by atoms with Gasteiger partial charge in [-0.1, -0.05) is 31.2 Å². The molecule has 1 atom stereocenters. The maximum atomic E-state index is 6.30. The van der Waals surface area contributed by atoms with Gasteiger partial charge >= 0.3 is 0 Å². The van der Waals surface area contributed by atoms with Crippen molar-refractivity contribution in [1.82, 2.24) is 0 Å². The SMILES string of the molecule is CCc1ccc(C(N)c2ccccc2C)s1. The van der Waals surface area contributed by atoms with Crippen molar-refractivity contribution in [3.63, 3.8) is 0 Å². The molecule has 0 spiro atoms. The smallest absolute Gasteiger partial charge is 0.0648 e. The molecule has 1 unspecified atom stereocenters. The molecule has 0 aliphatic rings. The number of thiophene rings is 1. The Morgan fingerprint density at radius 1 is 1.19 bits per heavy atom. The van der Waals surface area contributed by atoms with E-state index in [2.05, 4.69) is 50.2 Å². The predicted octanol–water partition coefficient (Wildman–Crippen LogP) is 3.67. The minimum absolute atomic E-state index is 0.0199. The Morgan fingerprint density at radius 2 is 1.94 bits per heavy atom. The lowest BCUT2D eigenvalue weighted by Gasteiger charge is -2.12. The zero-order valence-corrected chi connectivity index (χ0v) is 10.6. The summed E-state index contributed by atoms with van der Waals surface area (Å²) in [4.78, 5) is 2.66. The summed E-state index contributed by atoms with van der Waals surface area (Å²) in [6.07, 6.45) is 1.09. The first-order valence-electron chi connectivity index (χ1n) is 5.62. The lowest BCUT2D eigenvalue weighted by Crippen LogP contribution is -2.11. The molecule has 0 fully saturated rings. The highest BCUT2D eigenvalue weighted by Crippen LogP contribution is 2.28. The third kappa shape index (κ3) is 2.18. The number of rotatable bonds is 3. The van der Waals surface area contributed by atoms with E-state index in [-0.39, 0.29) is 6.04 Å². The third-order valence-electron chi connectivity index (χ3n) is 2.86. The van der Waals surface area contributed by atoms with E-state index < -0.39 is 0 Å². The maximum absolute atomic E-state index is 6.30. The Morgan fingerprint density at radius 3 is 2.56 bits per heavy atom. The summed E-state index contributed by atoms with van der Waals surface area (Å²) in [6, 6.07) is 12.7. The molecule has 0 aliphatic carbocycles. The quantitative estimate of drug-likeness (QED) is 0.857. The Hall–Kier alpha value is -1.12. The number of hydrogen-bond donors (Lipinski definition) is 1. The van der Waals surface area contributed by atoms with Gasteiger partial charge in [0.25, 0.3) is 0 Å². The van der Waals surface area contributed by atoms with Gasteiger partial charge in [-0.05, 0) is 36.6 Å². The Kier molecular flexibility index (Phi) is 3.42. The fraction of sp³-hybridized carbons (Fsp3) is 0.286. The maximum Gasteiger partial charge on any atom is 0.0648 e. The molecule has 0 amide bonds. The first-order chi connectivity index (χ1) is 7.72. The van der Waals surface area contributed by atoms with Gasteiger partial charge in [-0.15, -0.1) is 11.3 Å².